The van der Waals surface area contributed by atoms with Gasteiger partial charge in [-0.1, -0.05) is 86.4 Å². The van der Waals surface area contributed by atoms with E-state index in [2.05, 4.69) is 98.7 Å². The summed E-state index contributed by atoms with van der Waals surface area (Å²) in [6.45, 7) is 0. The molecule has 2 aromatic carbocycles. The van der Waals surface area contributed by atoms with E-state index < -0.39 is 0 Å². The fraction of sp³-hybridized carbons (Fsp3) is 0.526. The van der Waals surface area contributed by atoms with Crippen molar-refractivity contribution in [2.45, 2.75) is 75.3 Å². The standard InChI is InChI=1S/C38H44N2O2/c1-39(2)37-23-33(41)35(19-7-5-9-31(35)37)21-29(37)27-15-11-25(12-16-27)26-13-17-28(18-14-26)30-22-36-20-8-6-10-32(36)38(30,40(3)4)24-34(36)42/h11-18,21-22,31-32H,5-10,19-20,23-24H2,1-4H3/t31-,32-,35-,36-,37-,38-/m1/s1. The number of Topliss-reactive ketones (excluding diaryl/α,β-unsaturated/α-hetero) is 2. The van der Waals surface area contributed by atoms with Crippen molar-refractivity contribution in [3.05, 3.63) is 71.8 Å². The number of carbonyl (C=O) groups excluding carboxylic acids is 2. The molecule has 0 heterocycles. The first-order chi connectivity index (χ1) is 20.2. The van der Waals surface area contributed by atoms with Crippen molar-refractivity contribution >= 4 is 22.7 Å². The predicted octanol–water partition coefficient (Wildman–Crippen LogP) is 7.05. The highest BCUT2D eigenvalue weighted by atomic mass is 16.1. The zero-order valence-electron chi connectivity index (χ0n) is 25.7. The summed E-state index contributed by atoms with van der Waals surface area (Å²) in [5.74, 6) is 1.75. The van der Waals surface area contributed by atoms with Crippen LogP contribution in [-0.2, 0) is 9.59 Å². The summed E-state index contributed by atoms with van der Waals surface area (Å²) in [6.07, 6.45) is 15.2. The normalized spacial score (nSPS) is 38.2. The summed E-state index contributed by atoms with van der Waals surface area (Å²) >= 11 is 0. The van der Waals surface area contributed by atoms with Crippen LogP contribution in [0.25, 0.3) is 22.3 Å². The molecule has 8 rings (SSSR count). The molecule has 6 aliphatic carbocycles. The van der Waals surface area contributed by atoms with Crippen LogP contribution in [0.3, 0.4) is 0 Å². The number of likely N-dealkylation sites (N-methyl/N-ethyl adjacent to an activating group) is 2. The topological polar surface area (TPSA) is 40.6 Å². The lowest BCUT2D eigenvalue weighted by Crippen LogP contribution is -2.48. The highest BCUT2D eigenvalue weighted by Crippen LogP contribution is 2.68. The lowest BCUT2D eigenvalue weighted by atomic mass is 9.68. The second-order valence-corrected chi connectivity index (χ2v) is 14.8. The molecule has 0 saturated heterocycles. The Kier molecular flexibility index (Phi) is 5.65. The average molecular weight is 561 g/mol. The minimum absolute atomic E-state index is 0.171. The first kappa shape index (κ1) is 26.8. The first-order valence-electron chi connectivity index (χ1n) is 16.3. The quantitative estimate of drug-likeness (QED) is 0.393. The Bertz CT molecular complexity index is 1430. The fourth-order valence-corrected chi connectivity index (χ4v) is 11.1. The molecular weight excluding hydrogens is 516 g/mol. The largest absolute Gasteiger partial charge is 0.299 e. The maximum atomic E-state index is 13.3. The van der Waals surface area contributed by atoms with E-state index in [0.717, 1.165) is 38.5 Å². The Morgan fingerprint density at radius 1 is 0.548 bits per heavy atom. The Hall–Kier alpha value is -2.82. The van der Waals surface area contributed by atoms with Crippen LogP contribution in [0.4, 0.5) is 0 Å². The van der Waals surface area contributed by atoms with Crippen molar-refractivity contribution < 1.29 is 9.59 Å². The number of ketones is 2. The van der Waals surface area contributed by atoms with Crippen molar-refractivity contribution in [2.75, 3.05) is 28.2 Å². The molecule has 218 valence electrons. The minimum atomic E-state index is -0.244. The van der Waals surface area contributed by atoms with Gasteiger partial charge in [-0.05, 0) is 99.1 Å². The van der Waals surface area contributed by atoms with Gasteiger partial charge in [0.15, 0.2) is 0 Å². The Balaban J connectivity index is 1.11. The molecule has 6 aliphatic rings. The number of rotatable bonds is 5. The van der Waals surface area contributed by atoms with E-state index in [1.54, 1.807) is 0 Å². The van der Waals surface area contributed by atoms with Crippen LogP contribution in [0, 0.1) is 22.7 Å². The van der Waals surface area contributed by atoms with Gasteiger partial charge in [0.2, 0.25) is 0 Å². The SMILES string of the molecule is CN(C)[C@]12CC(=O)[C@@]3(C=C1c1ccc(-c4ccc(C5=C[C@]67CCCC[C@H]6[C@@]5(N(C)C)CC7=O)cc4)cc1)CCCC[C@H]32. The van der Waals surface area contributed by atoms with Gasteiger partial charge in [-0.3, -0.25) is 19.4 Å². The first-order valence-corrected chi connectivity index (χ1v) is 16.3. The molecule has 4 nitrogen and oxygen atoms in total. The van der Waals surface area contributed by atoms with Crippen LogP contribution < -0.4 is 0 Å². The molecule has 4 bridgehead atoms. The molecular formula is C38H44N2O2. The summed E-state index contributed by atoms with van der Waals surface area (Å²) in [5.41, 5.74) is 6.86. The molecule has 0 unspecified atom stereocenters. The number of hydrogen-bond donors (Lipinski definition) is 0. The number of carbonyl (C=O) groups is 2. The van der Waals surface area contributed by atoms with E-state index >= 15 is 0 Å². The van der Waals surface area contributed by atoms with Crippen molar-refractivity contribution in [2.24, 2.45) is 22.7 Å². The third kappa shape index (κ3) is 3.11. The summed E-state index contributed by atoms with van der Waals surface area (Å²) in [5, 5.41) is 0. The van der Waals surface area contributed by atoms with Crippen molar-refractivity contribution in [1.82, 2.24) is 9.80 Å². The molecule has 0 aliphatic heterocycles. The van der Waals surface area contributed by atoms with E-state index in [-0.39, 0.29) is 21.9 Å². The monoisotopic (exact) mass is 560 g/mol. The van der Waals surface area contributed by atoms with Crippen molar-refractivity contribution in [3.63, 3.8) is 0 Å². The molecule has 0 N–H and O–H groups in total. The fourth-order valence-electron chi connectivity index (χ4n) is 11.1. The molecule has 4 heteroatoms. The van der Waals surface area contributed by atoms with Crippen LogP contribution in [-0.4, -0.2) is 60.6 Å². The van der Waals surface area contributed by atoms with Gasteiger partial charge in [-0.25, -0.2) is 0 Å². The smallest absolute Gasteiger partial charge is 0.145 e. The molecule has 4 saturated carbocycles. The lowest BCUT2D eigenvalue weighted by molar-refractivity contribution is -0.126. The van der Waals surface area contributed by atoms with Crippen LogP contribution in [0.15, 0.2) is 60.7 Å². The van der Waals surface area contributed by atoms with Gasteiger partial charge < -0.3 is 0 Å². The van der Waals surface area contributed by atoms with Crippen molar-refractivity contribution in [3.8, 4) is 11.1 Å². The summed E-state index contributed by atoms with van der Waals surface area (Å²) < 4.78 is 0. The van der Waals surface area contributed by atoms with Crippen LogP contribution in [0.1, 0.15) is 75.3 Å². The van der Waals surface area contributed by atoms with Gasteiger partial charge in [0.1, 0.15) is 11.6 Å². The van der Waals surface area contributed by atoms with Crippen LogP contribution >= 0.6 is 0 Å². The van der Waals surface area contributed by atoms with E-state index in [4.69, 9.17) is 0 Å². The highest BCUT2D eigenvalue weighted by molar-refractivity contribution is 6.03. The van der Waals surface area contributed by atoms with Crippen LogP contribution in [0.5, 0.6) is 0 Å². The third-order valence-corrected chi connectivity index (χ3v) is 13.0. The number of nitrogens with zero attached hydrogens (tertiary/aromatic N) is 2. The average Bonchev–Trinajstić information content (AvgIpc) is 3.65. The van der Waals surface area contributed by atoms with Gasteiger partial charge in [-0.15, -0.1) is 0 Å². The second-order valence-electron chi connectivity index (χ2n) is 14.8. The van der Waals surface area contributed by atoms with E-state index in [9.17, 15) is 9.59 Å². The van der Waals surface area contributed by atoms with Gasteiger partial charge in [-0.2, -0.15) is 0 Å². The maximum absolute atomic E-state index is 13.3. The van der Waals surface area contributed by atoms with Gasteiger partial charge in [0.05, 0.1) is 21.9 Å². The number of hydrogen-bond acceptors (Lipinski definition) is 4. The van der Waals surface area contributed by atoms with Crippen molar-refractivity contribution in [1.29, 1.82) is 0 Å². The van der Waals surface area contributed by atoms with Gasteiger partial charge in [0.25, 0.3) is 0 Å². The number of allylic oxidation sites excluding steroid dienone is 2. The summed E-state index contributed by atoms with van der Waals surface area (Å²) in [4.78, 5) is 31.4. The molecule has 0 spiro atoms. The lowest BCUT2D eigenvalue weighted by Gasteiger charge is -2.43. The zero-order chi connectivity index (χ0) is 29.1. The zero-order valence-corrected chi connectivity index (χ0v) is 25.7. The maximum Gasteiger partial charge on any atom is 0.145 e. The molecule has 42 heavy (non-hydrogen) atoms. The Morgan fingerprint density at radius 3 is 1.26 bits per heavy atom. The second kappa shape index (κ2) is 8.86. The highest BCUT2D eigenvalue weighted by Gasteiger charge is 2.69. The molecule has 4 fully saturated rings. The Morgan fingerprint density at radius 2 is 0.905 bits per heavy atom. The molecule has 2 aromatic rings. The summed E-state index contributed by atoms with van der Waals surface area (Å²) in [7, 11) is 8.68. The molecule has 6 atom stereocenters. The van der Waals surface area contributed by atoms with Gasteiger partial charge in [0, 0.05) is 12.8 Å². The third-order valence-electron chi connectivity index (χ3n) is 13.0. The van der Waals surface area contributed by atoms with Gasteiger partial charge >= 0.3 is 0 Å². The number of benzene rings is 2. The molecule has 0 radical (unpaired) electrons. The molecule has 0 aromatic heterocycles. The summed E-state index contributed by atoms with van der Waals surface area (Å²) in [6, 6.07) is 18.2. The predicted molar refractivity (Wildman–Crippen MR) is 169 cm³/mol. The van der Waals surface area contributed by atoms with E-state index in [1.807, 2.05) is 0 Å². The Labute approximate surface area is 250 Å². The minimum Gasteiger partial charge on any atom is -0.299 e. The van der Waals surface area contributed by atoms with E-state index in [0.29, 0.717) is 36.2 Å². The molecule has 0 amide bonds. The van der Waals surface area contributed by atoms with E-state index in [1.165, 1.54) is 46.2 Å². The van der Waals surface area contributed by atoms with Crippen LogP contribution in [0.2, 0.25) is 0 Å².